The minimum atomic E-state index is -0.358. The number of ether oxygens (including phenoxy) is 1. The first kappa shape index (κ1) is 21.4. The average Bonchev–Trinajstić information content (AvgIpc) is 3.59. The zero-order valence-corrected chi connectivity index (χ0v) is 19.4. The molecule has 0 fully saturated rings. The number of allylic oxidation sites excluding steroid dienone is 1. The van der Waals surface area contributed by atoms with Crippen LogP contribution in [0.25, 0.3) is 0 Å². The molecule has 0 bridgehead atoms. The van der Waals surface area contributed by atoms with Crippen molar-refractivity contribution in [1.82, 2.24) is 0 Å². The van der Waals surface area contributed by atoms with Gasteiger partial charge in [-0.05, 0) is 60.5 Å². The summed E-state index contributed by atoms with van der Waals surface area (Å²) in [4.78, 5) is 16.1. The number of hydrogen-bond donors (Lipinski definition) is 1. The minimum Gasteiger partial charge on any atom is -0.497 e. The zero-order valence-electron chi connectivity index (χ0n) is 19.4. The maximum atomic E-state index is 13.8. The maximum absolute atomic E-state index is 13.8. The molecule has 0 unspecified atom stereocenters. The molecular formula is C29H26N2O4. The number of fused-ring (bicyclic) bond motifs is 1. The molecule has 2 aliphatic rings. The first-order chi connectivity index (χ1) is 17.2. The van der Waals surface area contributed by atoms with Crippen LogP contribution in [0, 0.1) is 0 Å². The predicted octanol–water partition coefficient (Wildman–Crippen LogP) is 6.46. The number of furan rings is 2. The number of anilines is 2. The maximum Gasteiger partial charge on any atom is 0.163 e. The van der Waals surface area contributed by atoms with E-state index in [-0.39, 0.29) is 17.7 Å². The van der Waals surface area contributed by atoms with Crippen LogP contribution in [0.4, 0.5) is 11.4 Å². The minimum absolute atomic E-state index is 0.00121. The van der Waals surface area contributed by atoms with E-state index in [1.807, 2.05) is 48.5 Å². The van der Waals surface area contributed by atoms with E-state index in [2.05, 4.69) is 34.5 Å². The van der Waals surface area contributed by atoms with E-state index in [1.54, 1.807) is 19.6 Å². The molecule has 0 radical (unpaired) electrons. The summed E-state index contributed by atoms with van der Waals surface area (Å²) in [6, 6.07) is 23.5. The smallest absolute Gasteiger partial charge is 0.163 e. The summed E-state index contributed by atoms with van der Waals surface area (Å²) < 4.78 is 17.0. The summed E-state index contributed by atoms with van der Waals surface area (Å²) in [6.07, 6.45) is 4.43. The van der Waals surface area contributed by atoms with Crippen molar-refractivity contribution in [2.75, 3.05) is 17.3 Å². The second-order valence-electron chi connectivity index (χ2n) is 8.97. The second kappa shape index (κ2) is 8.87. The van der Waals surface area contributed by atoms with Crippen LogP contribution in [0.5, 0.6) is 5.75 Å². The highest BCUT2D eigenvalue weighted by atomic mass is 16.5. The van der Waals surface area contributed by atoms with Crippen molar-refractivity contribution in [3.63, 3.8) is 0 Å². The standard InChI is InChI=1S/C29H26N2O4/c1-33-21-12-10-19(11-13-21)18-31-24-7-3-2-6-22(24)30-23-16-20(26-8-4-14-34-26)17-25(32)28(23)29(31)27-9-5-15-35-27/h2-15,20,29-30H,16-18H2,1H3/t20-,29-/m1/s1. The van der Waals surface area contributed by atoms with Crippen LogP contribution in [0.1, 0.15) is 41.9 Å². The summed E-state index contributed by atoms with van der Waals surface area (Å²) in [6.45, 7) is 0.597. The number of benzene rings is 2. The summed E-state index contributed by atoms with van der Waals surface area (Å²) in [5, 5.41) is 3.62. The zero-order chi connectivity index (χ0) is 23.8. The molecule has 0 saturated heterocycles. The molecule has 2 aromatic heterocycles. The van der Waals surface area contributed by atoms with Gasteiger partial charge in [0.15, 0.2) is 5.78 Å². The van der Waals surface area contributed by atoms with Crippen molar-refractivity contribution in [1.29, 1.82) is 0 Å². The number of carbonyl (C=O) groups excluding carboxylic acids is 1. The Morgan fingerprint density at radius 2 is 1.66 bits per heavy atom. The Bertz CT molecular complexity index is 1350. The third kappa shape index (κ3) is 3.91. The Kier molecular flexibility index (Phi) is 5.41. The number of hydrogen-bond acceptors (Lipinski definition) is 6. The average molecular weight is 467 g/mol. The summed E-state index contributed by atoms with van der Waals surface area (Å²) in [7, 11) is 1.66. The van der Waals surface area contributed by atoms with Crippen molar-refractivity contribution in [2.24, 2.45) is 0 Å². The van der Waals surface area contributed by atoms with Crippen molar-refractivity contribution in [3.8, 4) is 5.75 Å². The number of nitrogens with zero attached hydrogens (tertiary/aromatic N) is 1. The lowest BCUT2D eigenvalue weighted by molar-refractivity contribution is -0.116. The molecule has 0 saturated carbocycles. The van der Waals surface area contributed by atoms with Gasteiger partial charge in [-0.1, -0.05) is 24.3 Å². The lowest BCUT2D eigenvalue weighted by Crippen LogP contribution is -2.33. The van der Waals surface area contributed by atoms with Gasteiger partial charge in [0.2, 0.25) is 0 Å². The largest absolute Gasteiger partial charge is 0.497 e. The van der Waals surface area contributed by atoms with Crippen molar-refractivity contribution >= 4 is 17.2 Å². The summed E-state index contributed by atoms with van der Waals surface area (Å²) in [5.41, 5.74) is 4.77. The van der Waals surface area contributed by atoms with Gasteiger partial charge < -0.3 is 23.8 Å². The van der Waals surface area contributed by atoms with Gasteiger partial charge in [-0.25, -0.2) is 0 Å². The van der Waals surface area contributed by atoms with Crippen molar-refractivity contribution in [3.05, 3.63) is 114 Å². The Balaban J connectivity index is 1.49. The molecule has 1 N–H and O–H groups in total. The predicted molar refractivity (Wildman–Crippen MR) is 133 cm³/mol. The van der Waals surface area contributed by atoms with Gasteiger partial charge in [0, 0.05) is 30.2 Å². The van der Waals surface area contributed by atoms with E-state index < -0.39 is 0 Å². The molecular weight excluding hydrogens is 440 g/mol. The third-order valence-electron chi connectivity index (χ3n) is 6.86. The topological polar surface area (TPSA) is 67.8 Å². The number of carbonyl (C=O) groups is 1. The van der Waals surface area contributed by atoms with Gasteiger partial charge in [-0.15, -0.1) is 0 Å². The normalized spacial score (nSPS) is 19.6. The number of ketones is 1. The summed E-state index contributed by atoms with van der Waals surface area (Å²) >= 11 is 0. The van der Waals surface area contributed by atoms with Crippen molar-refractivity contribution in [2.45, 2.75) is 31.3 Å². The van der Waals surface area contributed by atoms with E-state index in [9.17, 15) is 4.79 Å². The molecule has 2 atom stereocenters. The van der Waals surface area contributed by atoms with Gasteiger partial charge in [0.25, 0.3) is 0 Å². The lowest BCUT2D eigenvalue weighted by atomic mass is 9.81. The number of rotatable bonds is 5. The highest BCUT2D eigenvalue weighted by Crippen LogP contribution is 2.47. The Labute approximate surface area is 203 Å². The first-order valence-electron chi connectivity index (χ1n) is 11.8. The van der Waals surface area contributed by atoms with E-state index in [4.69, 9.17) is 13.6 Å². The molecule has 35 heavy (non-hydrogen) atoms. The third-order valence-corrected chi connectivity index (χ3v) is 6.86. The molecule has 0 spiro atoms. The molecule has 6 rings (SSSR count). The number of nitrogens with one attached hydrogen (secondary N) is 1. The number of para-hydroxylation sites is 2. The highest BCUT2D eigenvalue weighted by Gasteiger charge is 2.41. The SMILES string of the molecule is COc1ccc(CN2c3ccccc3NC3=C(C(=O)C[C@H](c4ccco4)C3)[C@H]2c2ccco2)cc1. The van der Waals surface area contributed by atoms with Crippen molar-refractivity contribution < 1.29 is 18.4 Å². The van der Waals surface area contributed by atoms with Gasteiger partial charge >= 0.3 is 0 Å². The Hall–Kier alpha value is -4.19. The Morgan fingerprint density at radius 1 is 0.914 bits per heavy atom. The van der Waals surface area contributed by atoms with Gasteiger partial charge in [-0.3, -0.25) is 4.79 Å². The van der Waals surface area contributed by atoms with Gasteiger partial charge in [-0.2, -0.15) is 0 Å². The highest BCUT2D eigenvalue weighted by molar-refractivity contribution is 6.01. The van der Waals surface area contributed by atoms with E-state index in [0.29, 0.717) is 19.4 Å². The molecule has 6 nitrogen and oxygen atoms in total. The van der Waals surface area contributed by atoms with Crippen LogP contribution in [0.15, 0.2) is 105 Å². The van der Waals surface area contributed by atoms with Crippen LogP contribution >= 0.6 is 0 Å². The van der Waals surface area contributed by atoms with Crippen LogP contribution in [-0.4, -0.2) is 12.9 Å². The fourth-order valence-electron chi connectivity index (χ4n) is 5.23. The van der Waals surface area contributed by atoms with E-state index in [0.717, 1.165) is 45.5 Å². The number of Topliss-reactive ketones (excluding diaryl/α,β-unsaturated/α-hetero) is 1. The lowest BCUT2D eigenvalue weighted by Gasteiger charge is -2.34. The van der Waals surface area contributed by atoms with Gasteiger partial charge in [0.1, 0.15) is 23.3 Å². The van der Waals surface area contributed by atoms with Crippen LogP contribution in [0.3, 0.4) is 0 Å². The van der Waals surface area contributed by atoms with Crippen LogP contribution < -0.4 is 15.0 Å². The monoisotopic (exact) mass is 466 g/mol. The fraction of sp³-hybridized carbons (Fsp3) is 0.207. The molecule has 3 heterocycles. The second-order valence-corrected chi connectivity index (χ2v) is 8.97. The van der Waals surface area contributed by atoms with E-state index in [1.165, 1.54) is 0 Å². The molecule has 1 aliphatic heterocycles. The van der Waals surface area contributed by atoms with Crippen LogP contribution in [0.2, 0.25) is 0 Å². The first-order valence-corrected chi connectivity index (χ1v) is 11.8. The molecule has 6 heteroatoms. The number of methoxy groups -OCH3 is 1. The quantitative estimate of drug-likeness (QED) is 0.364. The molecule has 4 aromatic rings. The molecule has 176 valence electrons. The summed E-state index contributed by atoms with van der Waals surface area (Å²) in [5.74, 6) is 2.50. The van der Waals surface area contributed by atoms with E-state index >= 15 is 0 Å². The molecule has 1 aliphatic carbocycles. The Morgan fingerprint density at radius 3 is 2.37 bits per heavy atom. The van der Waals surface area contributed by atoms with Gasteiger partial charge in [0.05, 0.1) is 31.0 Å². The molecule has 0 amide bonds. The molecule has 2 aromatic carbocycles. The van der Waals surface area contributed by atoms with Crippen LogP contribution in [-0.2, 0) is 11.3 Å². The fourth-order valence-corrected chi connectivity index (χ4v) is 5.23.